The molecule has 3 rings (SSSR count). The molecule has 0 fully saturated rings. The Hall–Kier alpha value is -2.68. The normalized spacial score (nSPS) is 10.7. The van der Waals surface area contributed by atoms with Crippen molar-refractivity contribution in [3.05, 3.63) is 42.2 Å². The van der Waals surface area contributed by atoms with Gasteiger partial charge >= 0.3 is 0 Å². The van der Waals surface area contributed by atoms with Gasteiger partial charge in [-0.15, -0.1) is 11.8 Å². The smallest absolute Gasteiger partial charge is 0.254 e. The van der Waals surface area contributed by atoms with Crippen LogP contribution in [-0.2, 0) is 13.6 Å². The number of rotatable bonds is 5. The number of nitrogens with one attached hydrogen (secondary N) is 1. The Kier molecular flexibility index (Phi) is 4.38. The average molecular weight is 330 g/mol. The van der Waals surface area contributed by atoms with Crippen LogP contribution in [0.25, 0.3) is 11.4 Å². The maximum Gasteiger partial charge on any atom is 0.254 e. The highest BCUT2D eigenvalue weighted by molar-refractivity contribution is 7.98. The molecule has 0 atom stereocenters. The Morgan fingerprint density at radius 3 is 3.09 bits per heavy atom. The van der Waals surface area contributed by atoms with Gasteiger partial charge in [0.2, 0.25) is 11.7 Å². The molecule has 23 heavy (non-hydrogen) atoms. The van der Waals surface area contributed by atoms with E-state index >= 15 is 0 Å². The summed E-state index contributed by atoms with van der Waals surface area (Å²) in [4.78, 5) is 20.6. The highest BCUT2D eigenvalue weighted by atomic mass is 32.2. The van der Waals surface area contributed by atoms with Crippen LogP contribution in [0.15, 0.2) is 40.3 Å². The summed E-state index contributed by atoms with van der Waals surface area (Å²) in [6.07, 6.45) is 6.96. The fraction of sp³-hybridized carbons (Fsp3) is 0.214. The lowest BCUT2D eigenvalue weighted by molar-refractivity contribution is 0.0942. The first-order chi connectivity index (χ1) is 11.2. The Balaban J connectivity index is 1.67. The van der Waals surface area contributed by atoms with E-state index < -0.39 is 0 Å². The number of hydrogen-bond acceptors (Lipinski definition) is 7. The Labute approximate surface area is 136 Å². The van der Waals surface area contributed by atoms with E-state index in [4.69, 9.17) is 4.52 Å². The molecule has 0 saturated carbocycles. The van der Waals surface area contributed by atoms with E-state index in [1.807, 2.05) is 13.3 Å². The van der Waals surface area contributed by atoms with E-state index in [0.717, 1.165) is 5.56 Å². The van der Waals surface area contributed by atoms with Crippen molar-refractivity contribution in [2.24, 2.45) is 7.05 Å². The maximum atomic E-state index is 12.2. The van der Waals surface area contributed by atoms with Gasteiger partial charge in [-0.1, -0.05) is 5.16 Å². The molecule has 0 saturated heterocycles. The molecule has 3 heterocycles. The van der Waals surface area contributed by atoms with Crippen LogP contribution in [0.4, 0.5) is 0 Å². The molecule has 0 aliphatic heterocycles. The maximum absolute atomic E-state index is 12.2. The molecule has 0 aliphatic rings. The molecule has 0 aliphatic carbocycles. The second-order valence-electron chi connectivity index (χ2n) is 4.66. The Bertz CT molecular complexity index is 828. The number of thioether (sulfide) groups is 1. The molecule has 3 aromatic heterocycles. The van der Waals surface area contributed by atoms with Crippen LogP contribution in [0.3, 0.4) is 0 Å². The van der Waals surface area contributed by atoms with Crippen molar-refractivity contribution < 1.29 is 9.32 Å². The van der Waals surface area contributed by atoms with Crippen molar-refractivity contribution in [2.75, 3.05) is 6.26 Å². The number of hydrogen-bond donors (Lipinski definition) is 1. The number of aromatic nitrogens is 5. The molecule has 9 heteroatoms. The third-order valence-corrected chi connectivity index (χ3v) is 3.75. The molecule has 0 unspecified atom stereocenters. The Morgan fingerprint density at radius 2 is 2.35 bits per heavy atom. The summed E-state index contributed by atoms with van der Waals surface area (Å²) in [6, 6.07) is 3.45. The van der Waals surface area contributed by atoms with Gasteiger partial charge < -0.3 is 9.84 Å². The van der Waals surface area contributed by atoms with E-state index in [1.54, 1.807) is 35.4 Å². The lowest BCUT2D eigenvalue weighted by Gasteiger charge is -2.05. The number of nitrogens with zero attached hydrogens (tertiary/aromatic N) is 5. The minimum absolute atomic E-state index is 0.148. The third kappa shape index (κ3) is 3.39. The monoisotopic (exact) mass is 330 g/mol. The minimum Gasteiger partial charge on any atom is -0.343 e. The second-order valence-corrected chi connectivity index (χ2v) is 5.45. The zero-order chi connectivity index (χ0) is 16.2. The largest absolute Gasteiger partial charge is 0.343 e. The Morgan fingerprint density at radius 1 is 1.48 bits per heavy atom. The molecule has 8 nitrogen and oxygen atoms in total. The van der Waals surface area contributed by atoms with Crippen molar-refractivity contribution in [2.45, 2.75) is 11.6 Å². The standard InChI is InChI=1S/C14H14N6O2S/c1-20-8-9(6-17-20)12-18-11(22-19-12)7-16-13(21)10-4-3-5-15-14(10)23-2/h3-6,8H,7H2,1-2H3,(H,16,21). The predicted molar refractivity (Wildman–Crippen MR) is 83.7 cm³/mol. The van der Waals surface area contributed by atoms with Crippen LogP contribution in [-0.4, -0.2) is 37.1 Å². The van der Waals surface area contributed by atoms with Gasteiger partial charge in [-0.25, -0.2) is 4.98 Å². The molecule has 0 radical (unpaired) electrons. The summed E-state index contributed by atoms with van der Waals surface area (Å²) < 4.78 is 6.79. The van der Waals surface area contributed by atoms with E-state index in [0.29, 0.717) is 22.3 Å². The van der Waals surface area contributed by atoms with Crippen molar-refractivity contribution >= 4 is 17.7 Å². The van der Waals surface area contributed by atoms with E-state index in [9.17, 15) is 4.79 Å². The zero-order valence-corrected chi connectivity index (χ0v) is 13.4. The summed E-state index contributed by atoms with van der Waals surface area (Å²) in [7, 11) is 1.81. The molecule has 0 aromatic carbocycles. The number of pyridine rings is 1. The molecule has 118 valence electrons. The van der Waals surface area contributed by atoms with Crippen molar-refractivity contribution in [1.82, 2.24) is 30.2 Å². The quantitative estimate of drug-likeness (QED) is 0.708. The molecule has 3 aromatic rings. The number of amides is 1. The molecular weight excluding hydrogens is 316 g/mol. The predicted octanol–water partition coefficient (Wildman–Crippen LogP) is 1.52. The zero-order valence-electron chi connectivity index (χ0n) is 12.6. The van der Waals surface area contributed by atoms with Gasteiger partial charge in [0.05, 0.1) is 23.9 Å². The summed E-state index contributed by atoms with van der Waals surface area (Å²) in [5.41, 5.74) is 1.28. The van der Waals surface area contributed by atoms with E-state index in [-0.39, 0.29) is 12.5 Å². The van der Waals surface area contributed by atoms with Crippen molar-refractivity contribution in [3.63, 3.8) is 0 Å². The van der Waals surface area contributed by atoms with Crippen molar-refractivity contribution in [3.8, 4) is 11.4 Å². The number of carbonyl (C=O) groups is 1. The first-order valence-electron chi connectivity index (χ1n) is 6.76. The topological polar surface area (TPSA) is 98.7 Å². The van der Waals surface area contributed by atoms with Gasteiger partial charge in [0.1, 0.15) is 5.03 Å². The van der Waals surface area contributed by atoms with Crippen LogP contribution in [0, 0.1) is 0 Å². The molecular formula is C14H14N6O2S. The summed E-state index contributed by atoms with van der Waals surface area (Å²) in [6.45, 7) is 0.148. The highest BCUT2D eigenvalue weighted by Gasteiger charge is 2.14. The lowest BCUT2D eigenvalue weighted by Crippen LogP contribution is -2.23. The SMILES string of the molecule is CSc1ncccc1C(=O)NCc1nc(-c2cnn(C)c2)no1. The van der Waals surface area contributed by atoms with Gasteiger partial charge in [0.15, 0.2) is 0 Å². The van der Waals surface area contributed by atoms with Gasteiger partial charge in [-0.3, -0.25) is 9.48 Å². The lowest BCUT2D eigenvalue weighted by atomic mass is 10.2. The summed E-state index contributed by atoms with van der Waals surface area (Å²) >= 11 is 1.42. The van der Waals surface area contributed by atoms with Crippen LogP contribution >= 0.6 is 11.8 Å². The number of carbonyl (C=O) groups excluding carboxylic acids is 1. The average Bonchev–Trinajstić information content (AvgIpc) is 3.21. The van der Waals surface area contributed by atoms with Crippen LogP contribution in [0.5, 0.6) is 0 Å². The third-order valence-electron chi connectivity index (χ3n) is 3.04. The van der Waals surface area contributed by atoms with Gasteiger partial charge in [-0.05, 0) is 18.4 Å². The van der Waals surface area contributed by atoms with Gasteiger partial charge in [0, 0.05) is 19.4 Å². The van der Waals surface area contributed by atoms with Gasteiger partial charge in [-0.2, -0.15) is 10.1 Å². The van der Waals surface area contributed by atoms with Crippen LogP contribution in [0.1, 0.15) is 16.2 Å². The first kappa shape index (κ1) is 15.2. The molecule has 1 N–H and O–H groups in total. The van der Waals surface area contributed by atoms with Crippen LogP contribution in [0.2, 0.25) is 0 Å². The highest BCUT2D eigenvalue weighted by Crippen LogP contribution is 2.17. The van der Waals surface area contributed by atoms with E-state index in [1.165, 1.54) is 11.8 Å². The second kappa shape index (κ2) is 6.61. The van der Waals surface area contributed by atoms with E-state index in [2.05, 4.69) is 25.5 Å². The molecule has 0 bridgehead atoms. The van der Waals surface area contributed by atoms with Crippen LogP contribution < -0.4 is 5.32 Å². The fourth-order valence-corrected chi connectivity index (χ4v) is 2.50. The minimum atomic E-state index is -0.233. The van der Waals surface area contributed by atoms with Gasteiger partial charge in [0.25, 0.3) is 5.91 Å². The fourth-order valence-electron chi connectivity index (χ4n) is 1.96. The summed E-state index contributed by atoms with van der Waals surface area (Å²) in [5, 5.41) is 11.4. The molecule has 0 spiro atoms. The first-order valence-corrected chi connectivity index (χ1v) is 7.98. The molecule has 1 amide bonds. The number of aryl methyl sites for hydroxylation is 1. The van der Waals surface area contributed by atoms with Crippen molar-refractivity contribution in [1.29, 1.82) is 0 Å². The summed E-state index contributed by atoms with van der Waals surface area (Å²) in [5.74, 6) is 0.531.